The summed E-state index contributed by atoms with van der Waals surface area (Å²) in [6, 6.07) is 10.1. The second-order valence-electron chi connectivity index (χ2n) is 3.19. The summed E-state index contributed by atoms with van der Waals surface area (Å²) in [5, 5.41) is 16.5. The highest BCUT2D eigenvalue weighted by Crippen LogP contribution is 2.16. The van der Waals surface area contributed by atoms with Crippen LogP contribution in [-0.2, 0) is 0 Å². The van der Waals surface area contributed by atoms with E-state index in [-0.39, 0.29) is 5.69 Å². The van der Waals surface area contributed by atoms with Gasteiger partial charge in [-0.2, -0.15) is 5.10 Å². The van der Waals surface area contributed by atoms with Crippen LogP contribution in [-0.4, -0.2) is 11.1 Å². The summed E-state index contributed by atoms with van der Waals surface area (Å²) in [6.07, 6.45) is 1.67. The number of nitro groups is 1. The summed E-state index contributed by atoms with van der Waals surface area (Å²) in [5.74, 6) is 0. The summed E-state index contributed by atoms with van der Waals surface area (Å²) >= 11 is 1.57. The molecule has 0 aliphatic rings. The van der Waals surface area contributed by atoms with Gasteiger partial charge in [-0.15, -0.1) is 11.3 Å². The van der Waals surface area contributed by atoms with Gasteiger partial charge in [0, 0.05) is 17.0 Å². The van der Waals surface area contributed by atoms with Gasteiger partial charge in [-0.1, -0.05) is 12.1 Å². The van der Waals surface area contributed by atoms with E-state index in [1.54, 1.807) is 29.7 Å². The minimum atomic E-state index is -0.436. The number of rotatable bonds is 4. The standard InChI is InChI=1S/C11H9N3O2S/c15-14(16)10-4-1-3-9(7-10)13-12-8-11-5-2-6-17-11/h1-8,13H/b12-8-. The summed E-state index contributed by atoms with van der Waals surface area (Å²) in [4.78, 5) is 11.1. The average Bonchev–Trinajstić information content (AvgIpc) is 2.82. The van der Waals surface area contributed by atoms with E-state index in [9.17, 15) is 10.1 Å². The van der Waals surface area contributed by atoms with Gasteiger partial charge in [-0.3, -0.25) is 15.5 Å². The van der Waals surface area contributed by atoms with Gasteiger partial charge in [0.15, 0.2) is 0 Å². The Kier molecular flexibility index (Phi) is 3.46. The number of thiophene rings is 1. The minimum absolute atomic E-state index is 0.0429. The fraction of sp³-hybridized carbons (Fsp3) is 0. The molecule has 1 N–H and O–H groups in total. The number of nitro benzene ring substituents is 1. The van der Waals surface area contributed by atoms with Crippen LogP contribution in [0.15, 0.2) is 46.9 Å². The van der Waals surface area contributed by atoms with Crippen LogP contribution in [0, 0.1) is 10.1 Å². The third-order valence-corrected chi connectivity index (χ3v) is 2.79. The lowest BCUT2D eigenvalue weighted by molar-refractivity contribution is -0.384. The average molecular weight is 247 g/mol. The first-order valence-corrected chi connectivity index (χ1v) is 5.71. The van der Waals surface area contributed by atoms with Crippen LogP contribution >= 0.6 is 11.3 Å². The molecule has 0 unspecified atom stereocenters. The van der Waals surface area contributed by atoms with Crippen molar-refractivity contribution in [2.75, 3.05) is 5.43 Å². The zero-order valence-electron chi connectivity index (χ0n) is 8.74. The monoisotopic (exact) mass is 247 g/mol. The van der Waals surface area contributed by atoms with Gasteiger partial charge in [-0.25, -0.2) is 0 Å². The van der Waals surface area contributed by atoms with Crippen molar-refractivity contribution in [1.82, 2.24) is 0 Å². The Hall–Kier alpha value is -2.21. The molecule has 1 heterocycles. The molecule has 17 heavy (non-hydrogen) atoms. The van der Waals surface area contributed by atoms with Crippen molar-refractivity contribution in [2.24, 2.45) is 5.10 Å². The molecule has 0 spiro atoms. The van der Waals surface area contributed by atoms with Gasteiger partial charge in [0.2, 0.25) is 0 Å². The Morgan fingerprint density at radius 2 is 2.24 bits per heavy atom. The Balaban J connectivity index is 2.04. The van der Waals surface area contributed by atoms with Crippen molar-refractivity contribution in [3.63, 3.8) is 0 Å². The molecule has 0 aliphatic carbocycles. The smallest absolute Gasteiger partial charge is 0.271 e. The molecule has 0 atom stereocenters. The highest BCUT2D eigenvalue weighted by atomic mass is 32.1. The van der Waals surface area contributed by atoms with Crippen LogP contribution in [0.4, 0.5) is 11.4 Å². The molecule has 0 bridgehead atoms. The number of anilines is 1. The Labute approximate surface area is 102 Å². The van der Waals surface area contributed by atoms with E-state index in [1.807, 2.05) is 17.5 Å². The van der Waals surface area contributed by atoms with Crippen LogP contribution in [0.25, 0.3) is 0 Å². The van der Waals surface area contributed by atoms with Crippen molar-refractivity contribution in [3.8, 4) is 0 Å². The van der Waals surface area contributed by atoms with Crippen molar-refractivity contribution < 1.29 is 4.92 Å². The zero-order chi connectivity index (χ0) is 12.1. The van der Waals surface area contributed by atoms with Crippen LogP contribution in [0.2, 0.25) is 0 Å². The van der Waals surface area contributed by atoms with E-state index < -0.39 is 4.92 Å². The first-order valence-electron chi connectivity index (χ1n) is 4.83. The van der Waals surface area contributed by atoms with E-state index in [0.717, 1.165) is 4.88 Å². The largest absolute Gasteiger partial charge is 0.278 e. The van der Waals surface area contributed by atoms with Gasteiger partial charge < -0.3 is 0 Å². The number of nitrogens with one attached hydrogen (secondary N) is 1. The number of hydrazone groups is 1. The van der Waals surface area contributed by atoms with E-state index in [4.69, 9.17) is 0 Å². The molecule has 2 rings (SSSR count). The molecule has 0 radical (unpaired) electrons. The SMILES string of the molecule is O=[N+]([O-])c1cccc(N/N=C\c2cccs2)c1. The molecule has 0 amide bonds. The van der Waals surface area contributed by atoms with Gasteiger partial charge in [-0.05, 0) is 17.5 Å². The lowest BCUT2D eigenvalue weighted by Crippen LogP contribution is -1.92. The molecule has 6 heteroatoms. The van der Waals surface area contributed by atoms with E-state index in [2.05, 4.69) is 10.5 Å². The van der Waals surface area contributed by atoms with Crippen LogP contribution in [0.1, 0.15) is 4.88 Å². The minimum Gasteiger partial charge on any atom is -0.278 e. The van der Waals surface area contributed by atoms with Gasteiger partial charge in [0.25, 0.3) is 5.69 Å². The second kappa shape index (κ2) is 5.22. The van der Waals surface area contributed by atoms with Gasteiger partial charge >= 0.3 is 0 Å². The highest BCUT2D eigenvalue weighted by molar-refractivity contribution is 7.11. The lowest BCUT2D eigenvalue weighted by atomic mass is 10.3. The van der Waals surface area contributed by atoms with E-state index >= 15 is 0 Å². The topological polar surface area (TPSA) is 67.5 Å². The lowest BCUT2D eigenvalue weighted by Gasteiger charge is -1.98. The predicted octanol–water partition coefficient (Wildman–Crippen LogP) is 3.10. The summed E-state index contributed by atoms with van der Waals surface area (Å²) < 4.78 is 0. The van der Waals surface area contributed by atoms with E-state index in [0.29, 0.717) is 5.69 Å². The quantitative estimate of drug-likeness (QED) is 0.512. The fourth-order valence-electron chi connectivity index (χ4n) is 1.22. The molecule has 86 valence electrons. The van der Waals surface area contributed by atoms with Crippen molar-refractivity contribution in [1.29, 1.82) is 0 Å². The summed E-state index contributed by atoms with van der Waals surface area (Å²) in [6.45, 7) is 0. The number of hydrogen-bond donors (Lipinski definition) is 1. The van der Waals surface area contributed by atoms with Crippen LogP contribution in [0.3, 0.4) is 0 Å². The zero-order valence-corrected chi connectivity index (χ0v) is 9.55. The molecule has 0 saturated heterocycles. The first-order chi connectivity index (χ1) is 8.25. The molecule has 0 aliphatic heterocycles. The summed E-state index contributed by atoms with van der Waals surface area (Å²) in [7, 11) is 0. The maximum absolute atomic E-state index is 10.6. The van der Waals surface area contributed by atoms with Crippen molar-refractivity contribution >= 4 is 28.9 Å². The molecular formula is C11H9N3O2S. The van der Waals surface area contributed by atoms with Crippen molar-refractivity contribution in [2.45, 2.75) is 0 Å². The second-order valence-corrected chi connectivity index (χ2v) is 4.17. The number of benzene rings is 1. The van der Waals surface area contributed by atoms with Crippen LogP contribution in [0.5, 0.6) is 0 Å². The van der Waals surface area contributed by atoms with Gasteiger partial charge in [0.05, 0.1) is 16.8 Å². The predicted molar refractivity (Wildman–Crippen MR) is 68.6 cm³/mol. The van der Waals surface area contributed by atoms with E-state index in [1.165, 1.54) is 12.1 Å². The number of hydrogen-bond acceptors (Lipinski definition) is 5. The molecule has 5 nitrogen and oxygen atoms in total. The normalized spacial score (nSPS) is 10.6. The number of non-ortho nitro benzene ring substituents is 1. The molecule has 1 aromatic carbocycles. The Morgan fingerprint density at radius 1 is 1.35 bits per heavy atom. The maximum atomic E-state index is 10.6. The Bertz CT molecular complexity index is 537. The molecule has 2 aromatic rings. The van der Waals surface area contributed by atoms with Crippen LogP contribution < -0.4 is 5.43 Å². The first kappa shape index (κ1) is 11.3. The fourth-order valence-corrected chi connectivity index (χ4v) is 1.81. The molecule has 1 aromatic heterocycles. The maximum Gasteiger partial charge on any atom is 0.271 e. The molecule has 0 saturated carbocycles. The third kappa shape index (κ3) is 3.12. The third-order valence-electron chi connectivity index (χ3n) is 1.99. The van der Waals surface area contributed by atoms with Crippen molar-refractivity contribution in [3.05, 3.63) is 56.8 Å². The number of nitrogens with zero attached hydrogens (tertiary/aromatic N) is 2. The molecule has 0 fully saturated rings. The van der Waals surface area contributed by atoms with Gasteiger partial charge in [0.1, 0.15) is 0 Å². The summed E-state index contributed by atoms with van der Waals surface area (Å²) in [5.41, 5.74) is 3.38. The molecular weight excluding hydrogens is 238 g/mol. The highest BCUT2D eigenvalue weighted by Gasteiger charge is 2.04. The Morgan fingerprint density at radius 3 is 2.94 bits per heavy atom.